The van der Waals surface area contributed by atoms with E-state index < -0.39 is 10.0 Å². The summed E-state index contributed by atoms with van der Waals surface area (Å²) in [6.45, 7) is 2.32. The highest BCUT2D eigenvalue weighted by Crippen LogP contribution is 2.16. The Hall–Kier alpha value is -0.850. The molecule has 0 radical (unpaired) electrons. The van der Waals surface area contributed by atoms with Crippen LogP contribution in [0.2, 0.25) is 5.02 Å². The van der Waals surface area contributed by atoms with Gasteiger partial charge in [-0.3, -0.25) is 0 Å². The second-order valence-corrected chi connectivity index (χ2v) is 6.40. The van der Waals surface area contributed by atoms with Gasteiger partial charge in [-0.05, 0) is 12.1 Å². The Morgan fingerprint density at radius 1 is 1.24 bits per heavy atom. The molecule has 7 heteroatoms. The monoisotopic (exact) mass is 275 g/mol. The number of halogens is 1. The average Bonchev–Trinajstić information content (AvgIpc) is 2.29. The molecule has 0 spiro atoms. The van der Waals surface area contributed by atoms with E-state index in [2.05, 4.69) is 9.88 Å². The van der Waals surface area contributed by atoms with E-state index in [9.17, 15) is 8.42 Å². The summed E-state index contributed by atoms with van der Waals surface area (Å²) in [7, 11) is -3.07. The van der Waals surface area contributed by atoms with Crippen molar-refractivity contribution in [1.29, 1.82) is 0 Å². The van der Waals surface area contributed by atoms with E-state index >= 15 is 0 Å². The van der Waals surface area contributed by atoms with E-state index in [1.54, 1.807) is 12.3 Å². The van der Waals surface area contributed by atoms with Crippen LogP contribution in [0.15, 0.2) is 18.3 Å². The summed E-state index contributed by atoms with van der Waals surface area (Å²) in [6.07, 6.45) is 2.84. The number of rotatable bonds is 2. The fourth-order valence-corrected chi connectivity index (χ4v) is 2.74. The van der Waals surface area contributed by atoms with Crippen LogP contribution in [0.5, 0.6) is 0 Å². The second-order valence-electron chi connectivity index (χ2n) is 3.98. The molecule has 0 aliphatic carbocycles. The van der Waals surface area contributed by atoms with Gasteiger partial charge in [0.1, 0.15) is 5.82 Å². The molecular weight excluding hydrogens is 262 g/mol. The summed E-state index contributed by atoms with van der Waals surface area (Å²) >= 11 is 5.77. The molecule has 0 atom stereocenters. The number of sulfonamides is 1. The zero-order chi connectivity index (χ0) is 12.5. The number of pyridine rings is 1. The van der Waals surface area contributed by atoms with Gasteiger partial charge in [-0.1, -0.05) is 11.6 Å². The first kappa shape index (κ1) is 12.6. The van der Waals surface area contributed by atoms with Crippen LogP contribution in [0.3, 0.4) is 0 Å². The van der Waals surface area contributed by atoms with E-state index in [-0.39, 0.29) is 0 Å². The minimum absolute atomic E-state index is 0.503. The van der Waals surface area contributed by atoms with Crippen LogP contribution in [-0.2, 0) is 10.0 Å². The van der Waals surface area contributed by atoms with Gasteiger partial charge in [0.2, 0.25) is 10.0 Å². The van der Waals surface area contributed by atoms with E-state index in [1.165, 1.54) is 10.6 Å². The first-order valence-electron chi connectivity index (χ1n) is 5.28. The third-order valence-corrected chi connectivity index (χ3v) is 4.27. The molecule has 1 fully saturated rings. The van der Waals surface area contributed by atoms with Crippen LogP contribution in [-0.4, -0.2) is 50.1 Å². The van der Waals surface area contributed by atoms with Crippen molar-refractivity contribution in [3.05, 3.63) is 23.4 Å². The van der Waals surface area contributed by atoms with Gasteiger partial charge in [0.05, 0.1) is 11.3 Å². The molecule has 1 aliphatic rings. The first-order valence-corrected chi connectivity index (χ1v) is 7.51. The van der Waals surface area contributed by atoms with Gasteiger partial charge in [0.15, 0.2) is 0 Å². The Morgan fingerprint density at radius 2 is 1.88 bits per heavy atom. The highest BCUT2D eigenvalue weighted by Gasteiger charge is 2.23. The van der Waals surface area contributed by atoms with Gasteiger partial charge in [-0.2, -0.15) is 4.31 Å². The van der Waals surface area contributed by atoms with Crippen molar-refractivity contribution in [3.63, 3.8) is 0 Å². The molecule has 2 rings (SSSR count). The summed E-state index contributed by atoms with van der Waals surface area (Å²) in [4.78, 5) is 6.27. The van der Waals surface area contributed by atoms with Crippen molar-refractivity contribution in [2.45, 2.75) is 0 Å². The van der Waals surface area contributed by atoms with E-state index in [0.717, 1.165) is 5.82 Å². The summed E-state index contributed by atoms with van der Waals surface area (Å²) in [5, 5.41) is 0.600. The molecule has 1 aliphatic heterocycles. The maximum atomic E-state index is 11.3. The van der Waals surface area contributed by atoms with Crippen LogP contribution in [0, 0.1) is 0 Å². The van der Waals surface area contributed by atoms with Crippen molar-refractivity contribution in [3.8, 4) is 0 Å². The van der Waals surface area contributed by atoms with Crippen molar-refractivity contribution in [2.75, 3.05) is 37.3 Å². The third kappa shape index (κ3) is 3.08. The molecule has 0 unspecified atom stereocenters. The van der Waals surface area contributed by atoms with Crippen LogP contribution >= 0.6 is 11.6 Å². The lowest BCUT2D eigenvalue weighted by molar-refractivity contribution is 0.387. The number of aromatic nitrogens is 1. The molecule has 0 saturated carbocycles. The summed E-state index contributed by atoms with van der Waals surface area (Å²) < 4.78 is 24.2. The average molecular weight is 276 g/mol. The maximum absolute atomic E-state index is 11.3. The molecule has 1 saturated heterocycles. The fraction of sp³-hybridized carbons (Fsp3) is 0.500. The Labute approximate surface area is 106 Å². The number of nitrogens with zero attached hydrogens (tertiary/aromatic N) is 3. The summed E-state index contributed by atoms with van der Waals surface area (Å²) in [5.41, 5.74) is 0. The van der Waals surface area contributed by atoms with Gasteiger partial charge < -0.3 is 4.90 Å². The van der Waals surface area contributed by atoms with Gasteiger partial charge in [-0.25, -0.2) is 13.4 Å². The molecule has 2 heterocycles. The molecule has 0 N–H and O–H groups in total. The molecule has 5 nitrogen and oxygen atoms in total. The van der Waals surface area contributed by atoms with Crippen molar-refractivity contribution in [2.24, 2.45) is 0 Å². The van der Waals surface area contributed by atoms with Crippen molar-refractivity contribution in [1.82, 2.24) is 9.29 Å². The molecule has 94 valence electrons. The summed E-state index contributed by atoms with van der Waals surface area (Å²) in [6, 6.07) is 3.63. The molecule has 1 aromatic rings. The molecule has 0 bridgehead atoms. The smallest absolute Gasteiger partial charge is 0.211 e. The lowest BCUT2D eigenvalue weighted by Gasteiger charge is -2.33. The number of anilines is 1. The largest absolute Gasteiger partial charge is 0.354 e. The first-order chi connectivity index (χ1) is 7.97. The Bertz CT molecular complexity index is 481. The maximum Gasteiger partial charge on any atom is 0.211 e. The quantitative estimate of drug-likeness (QED) is 0.802. The minimum Gasteiger partial charge on any atom is -0.354 e. The molecule has 0 aromatic carbocycles. The predicted octanol–water partition coefficient (Wildman–Crippen LogP) is 0.817. The molecule has 17 heavy (non-hydrogen) atoms. The number of hydrogen-bond acceptors (Lipinski definition) is 4. The van der Waals surface area contributed by atoms with Gasteiger partial charge in [-0.15, -0.1) is 0 Å². The molecule has 0 amide bonds. The predicted molar refractivity (Wildman–Crippen MR) is 67.9 cm³/mol. The highest BCUT2D eigenvalue weighted by atomic mass is 35.5. The normalized spacial score (nSPS) is 18.4. The Morgan fingerprint density at radius 3 is 2.35 bits per heavy atom. The SMILES string of the molecule is CS(=O)(=O)N1CCN(c2ccc(Cl)cn2)CC1. The zero-order valence-electron chi connectivity index (χ0n) is 9.50. The van der Waals surface area contributed by atoms with E-state index in [1.807, 2.05) is 6.07 Å². The van der Waals surface area contributed by atoms with Crippen LogP contribution in [0.4, 0.5) is 5.82 Å². The fourth-order valence-electron chi connectivity index (χ4n) is 1.80. The third-order valence-electron chi connectivity index (χ3n) is 2.74. The Balaban J connectivity index is 2.02. The number of piperazine rings is 1. The Kier molecular flexibility index (Phi) is 3.56. The van der Waals surface area contributed by atoms with Crippen LogP contribution < -0.4 is 4.90 Å². The van der Waals surface area contributed by atoms with Crippen molar-refractivity contribution < 1.29 is 8.42 Å². The highest BCUT2D eigenvalue weighted by molar-refractivity contribution is 7.88. The van der Waals surface area contributed by atoms with Gasteiger partial charge in [0.25, 0.3) is 0 Å². The molecular formula is C10H14ClN3O2S. The topological polar surface area (TPSA) is 53.5 Å². The minimum atomic E-state index is -3.07. The lowest BCUT2D eigenvalue weighted by atomic mass is 10.3. The number of hydrogen-bond donors (Lipinski definition) is 0. The van der Waals surface area contributed by atoms with E-state index in [0.29, 0.717) is 31.2 Å². The second kappa shape index (κ2) is 4.80. The van der Waals surface area contributed by atoms with Crippen LogP contribution in [0.1, 0.15) is 0 Å². The van der Waals surface area contributed by atoms with E-state index in [4.69, 9.17) is 11.6 Å². The molecule has 1 aromatic heterocycles. The van der Waals surface area contributed by atoms with Crippen molar-refractivity contribution >= 4 is 27.4 Å². The van der Waals surface area contributed by atoms with Gasteiger partial charge in [0, 0.05) is 32.4 Å². The zero-order valence-corrected chi connectivity index (χ0v) is 11.1. The standard InChI is InChI=1S/C10H14ClN3O2S/c1-17(15,16)14-6-4-13(5-7-14)10-3-2-9(11)8-12-10/h2-3,8H,4-7H2,1H3. The summed E-state index contributed by atoms with van der Waals surface area (Å²) in [5.74, 6) is 0.836. The van der Waals surface area contributed by atoms with Crippen LogP contribution in [0.25, 0.3) is 0 Å². The van der Waals surface area contributed by atoms with Gasteiger partial charge >= 0.3 is 0 Å². The lowest BCUT2D eigenvalue weighted by Crippen LogP contribution is -2.48.